The predicted molar refractivity (Wildman–Crippen MR) is 179 cm³/mol. The Morgan fingerprint density at radius 3 is 1.46 bits per heavy atom. The fourth-order valence-corrected chi connectivity index (χ4v) is 9.02. The van der Waals surface area contributed by atoms with Gasteiger partial charge < -0.3 is 29.2 Å². The molecule has 12 heteroatoms. The molecular formula is C34H36N6O4S2. The topological polar surface area (TPSA) is 116 Å². The van der Waals surface area contributed by atoms with E-state index in [1.165, 1.54) is 0 Å². The number of carbonyl (C=O) groups excluding carboxylic acids is 2. The molecule has 4 aliphatic rings. The number of aromatic amines is 2. The van der Waals surface area contributed by atoms with Crippen LogP contribution < -0.4 is 0 Å². The van der Waals surface area contributed by atoms with Crippen molar-refractivity contribution >= 4 is 35.3 Å². The zero-order valence-corrected chi connectivity index (χ0v) is 27.0. The maximum Gasteiger partial charge on any atom is 0.253 e. The molecule has 46 heavy (non-hydrogen) atoms. The van der Waals surface area contributed by atoms with E-state index in [0.29, 0.717) is 25.0 Å². The molecule has 4 saturated heterocycles. The standard InChI is InChI=1S/C34H36N6O4S2/c41-33(29-3-1-13-43-29)39-19-45-17-27(39)31-35-15-25(37-31)23-9-5-21(6-10-23)22-7-11-24(12-8-22)26-16-36-32(38-26)28-18-46-20-40(28)34(42)30-4-2-14-44-30/h5-12,15-16,27-30H,1-4,13-14,17-20H2,(H,35,37)(H,36,38)/t27-,28-,29+,30?/m0/s1. The number of aromatic nitrogens is 4. The minimum atomic E-state index is -0.315. The highest BCUT2D eigenvalue weighted by atomic mass is 32.2. The van der Waals surface area contributed by atoms with Crippen LogP contribution in [0.5, 0.6) is 0 Å². The van der Waals surface area contributed by atoms with Gasteiger partial charge in [-0.15, -0.1) is 23.5 Å². The number of ether oxygens (including phenoxy) is 2. The number of carbonyl (C=O) groups is 2. The second-order valence-corrected chi connectivity index (χ2v) is 14.2. The first-order valence-corrected chi connectivity index (χ1v) is 18.2. The van der Waals surface area contributed by atoms with Gasteiger partial charge in [0.15, 0.2) is 0 Å². The van der Waals surface area contributed by atoms with Crippen molar-refractivity contribution in [1.82, 2.24) is 29.7 Å². The molecule has 2 aromatic carbocycles. The van der Waals surface area contributed by atoms with Crippen molar-refractivity contribution in [3.05, 3.63) is 72.6 Å². The number of nitrogens with one attached hydrogen (secondary N) is 2. The average molecular weight is 657 g/mol. The van der Waals surface area contributed by atoms with E-state index in [4.69, 9.17) is 9.47 Å². The second kappa shape index (κ2) is 12.9. The van der Waals surface area contributed by atoms with E-state index in [-0.39, 0.29) is 36.1 Å². The van der Waals surface area contributed by atoms with Crippen LogP contribution in [0.15, 0.2) is 60.9 Å². The molecule has 0 radical (unpaired) electrons. The van der Waals surface area contributed by atoms with Crippen LogP contribution in [0.4, 0.5) is 0 Å². The predicted octanol–water partition coefficient (Wildman–Crippen LogP) is 5.64. The Hall–Kier alpha value is -3.58. The summed E-state index contributed by atoms with van der Waals surface area (Å²) < 4.78 is 11.3. The average Bonchev–Trinajstić information content (AvgIpc) is 3.95. The van der Waals surface area contributed by atoms with E-state index in [2.05, 4.69) is 68.5 Å². The number of benzene rings is 2. The molecule has 6 heterocycles. The van der Waals surface area contributed by atoms with Crippen LogP contribution in [0.2, 0.25) is 0 Å². The lowest BCUT2D eigenvalue weighted by Gasteiger charge is -2.24. The van der Waals surface area contributed by atoms with Crippen molar-refractivity contribution in [3.63, 3.8) is 0 Å². The van der Waals surface area contributed by atoms with E-state index < -0.39 is 0 Å². The van der Waals surface area contributed by atoms with Gasteiger partial charge in [-0.2, -0.15) is 0 Å². The minimum Gasteiger partial charge on any atom is -0.368 e. The molecule has 2 aromatic heterocycles. The van der Waals surface area contributed by atoms with Gasteiger partial charge in [0.25, 0.3) is 11.8 Å². The van der Waals surface area contributed by atoms with Gasteiger partial charge in [0.2, 0.25) is 0 Å². The number of hydrogen-bond acceptors (Lipinski definition) is 8. The summed E-state index contributed by atoms with van der Waals surface area (Å²) in [4.78, 5) is 46.2. The summed E-state index contributed by atoms with van der Waals surface area (Å²) in [6, 6.07) is 16.8. The third kappa shape index (κ3) is 5.76. The van der Waals surface area contributed by atoms with Gasteiger partial charge in [0.1, 0.15) is 23.9 Å². The first kappa shape index (κ1) is 29.8. The summed E-state index contributed by atoms with van der Waals surface area (Å²) in [7, 11) is 0. The lowest BCUT2D eigenvalue weighted by Crippen LogP contribution is -2.39. The maximum absolute atomic E-state index is 13.0. The number of hydrogen-bond donors (Lipinski definition) is 2. The van der Waals surface area contributed by atoms with Crippen molar-refractivity contribution < 1.29 is 19.1 Å². The number of thioether (sulfide) groups is 2. The maximum atomic E-state index is 13.0. The molecule has 10 nitrogen and oxygen atoms in total. The van der Waals surface area contributed by atoms with E-state index in [1.54, 1.807) is 23.5 Å². The summed E-state index contributed by atoms with van der Waals surface area (Å²) in [6.07, 6.45) is 6.57. The Morgan fingerprint density at radius 1 is 0.652 bits per heavy atom. The number of nitrogens with zero attached hydrogens (tertiary/aromatic N) is 4. The fraction of sp³-hybridized carbons (Fsp3) is 0.412. The zero-order chi connectivity index (χ0) is 31.0. The fourth-order valence-electron chi connectivity index (χ4n) is 6.68. The molecule has 238 valence electrons. The Kier molecular flexibility index (Phi) is 8.36. The Bertz CT molecular complexity index is 1570. The molecule has 1 unspecified atom stereocenters. The van der Waals surface area contributed by atoms with E-state index in [9.17, 15) is 9.59 Å². The molecule has 4 aromatic rings. The molecule has 8 rings (SSSR count). The van der Waals surface area contributed by atoms with Crippen molar-refractivity contribution in [2.45, 2.75) is 50.0 Å². The minimum absolute atomic E-state index is 0.0656. The van der Waals surface area contributed by atoms with Crippen molar-refractivity contribution in [2.75, 3.05) is 36.5 Å². The van der Waals surface area contributed by atoms with Crippen molar-refractivity contribution in [2.24, 2.45) is 0 Å². The quantitative estimate of drug-likeness (QED) is 0.263. The van der Waals surface area contributed by atoms with Crippen LogP contribution in [0.25, 0.3) is 33.6 Å². The summed E-state index contributed by atoms with van der Waals surface area (Å²) in [5.41, 5.74) is 6.20. The van der Waals surface area contributed by atoms with Crippen LogP contribution in [0.3, 0.4) is 0 Å². The van der Waals surface area contributed by atoms with Gasteiger partial charge >= 0.3 is 0 Å². The van der Waals surface area contributed by atoms with Crippen LogP contribution >= 0.6 is 23.5 Å². The van der Waals surface area contributed by atoms with Crippen LogP contribution in [-0.2, 0) is 19.1 Å². The van der Waals surface area contributed by atoms with E-state index in [1.807, 2.05) is 22.2 Å². The van der Waals surface area contributed by atoms with Gasteiger partial charge in [-0.3, -0.25) is 9.59 Å². The molecular weight excluding hydrogens is 621 g/mol. The van der Waals surface area contributed by atoms with Crippen molar-refractivity contribution in [3.8, 4) is 33.6 Å². The van der Waals surface area contributed by atoms with Gasteiger partial charge in [-0.05, 0) is 47.9 Å². The molecule has 0 saturated carbocycles. The summed E-state index contributed by atoms with van der Waals surface area (Å²) in [5, 5.41) is 0. The largest absolute Gasteiger partial charge is 0.368 e. The molecule has 2 amide bonds. The Morgan fingerprint density at radius 2 is 1.07 bits per heavy atom. The number of imidazole rings is 2. The number of rotatable bonds is 7. The molecule has 4 aliphatic heterocycles. The highest BCUT2D eigenvalue weighted by Gasteiger charge is 2.39. The highest BCUT2D eigenvalue weighted by molar-refractivity contribution is 7.99. The molecule has 4 fully saturated rings. The molecule has 0 spiro atoms. The third-order valence-corrected chi connectivity index (χ3v) is 11.3. The monoisotopic (exact) mass is 656 g/mol. The van der Waals surface area contributed by atoms with Crippen molar-refractivity contribution in [1.29, 1.82) is 0 Å². The van der Waals surface area contributed by atoms with Crippen LogP contribution in [0, 0.1) is 0 Å². The van der Waals surface area contributed by atoms with Gasteiger partial charge in [0, 0.05) is 24.7 Å². The Labute approximate surface area is 276 Å². The van der Waals surface area contributed by atoms with Gasteiger partial charge in [-0.25, -0.2) is 9.97 Å². The Balaban J connectivity index is 0.927. The van der Waals surface area contributed by atoms with E-state index in [0.717, 1.165) is 82.5 Å². The summed E-state index contributed by atoms with van der Waals surface area (Å²) in [6.45, 7) is 1.33. The molecule has 4 atom stereocenters. The molecule has 0 bridgehead atoms. The third-order valence-electron chi connectivity index (χ3n) is 9.29. The first-order chi connectivity index (χ1) is 22.6. The lowest BCUT2D eigenvalue weighted by molar-refractivity contribution is -0.142. The highest BCUT2D eigenvalue weighted by Crippen LogP contribution is 2.36. The number of amides is 2. The second-order valence-electron chi connectivity index (χ2n) is 12.2. The van der Waals surface area contributed by atoms with Gasteiger partial charge in [-0.1, -0.05) is 48.5 Å². The molecule has 0 aliphatic carbocycles. The normalized spacial score (nSPS) is 24.7. The van der Waals surface area contributed by atoms with Gasteiger partial charge in [0.05, 0.1) is 47.6 Å². The smallest absolute Gasteiger partial charge is 0.253 e. The first-order valence-electron chi connectivity index (χ1n) is 15.9. The van der Waals surface area contributed by atoms with Crippen LogP contribution in [-0.4, -0.2) is 90.2 Å². The lowest BCUT2D eigenvalue weighted by atomic mass is 10.0. The summed E-state index contributed by atoms with van der Waals surface area (Å²) in [5.74, 6) is 4.80. The molecule has 2 N–H and O–H groups in total. The SMILES string of the molecule is O=C(C1CCCO1)N1CSC[C@H]1c1ncc(-c2ccc(-c3ccc(-c4cnc([C@@H]5CSCN5C(=O)[C@H]5CCCO5)[nH]4)cc3)cc2)[nH]1. The van der Waals surface area contributed by atoms with Crippen LogP contribution in [0.1, 0.15) is 49.4 Å². The summed E-state index contributed by atoms with van der Waals surface area (Å²) >= 11 is 3.51. The van der Waals surface area contributed by atoms with E-state index >= 15 is 0 Å². The number of H-pyrrole nitrogens is 2. The zero-order valence-electron chi connectivity index (χ0n) is 25.4.